The van der Waals surface area contributed by atoms with Crippen molar-refractivity contribution in [3.63, 3.8) is 0 Å². The maximum absolute atomic E-state index is 11.3. The molecule has 10 heteroatoms. The lowest BCUT2D eigenvalue weighted by Gasteiger charge is -2.42. The van der Waals surface area contributed by atoms with E-state index in [0.29, 0.717) is 0 Å². The second kappa shape index (κ2) is 8.60. The molecule has 0 bridgehead atoms. The van der Waals surface area contributed by atoms with Gasteiger partial charge in [0.2, 0.25) is 6.29 Å². The van der Waals surface area contributed by atoms with E-state index in [9.17, 15) is 24.3 Å². The third kappa shape index (κ3) is 5.78. The fraction of sp³-hybridized carbons (Fsp3) is 0.714. The first-order valence-corrected chi connectivity index (χ1v) is 7.10. The fourth-order valence-electron chi connectivity index (χ4n) is 2.15. The summed E-state index contributed by atoms with van der Waals surface area (Å²) in [6.45, 7) is 4.09. The van der Waals surface area contributed by atoms with Gasteiger partial charge >= 0.3 is 23.9 Å². The van der Waals surface area contributed by atoms with Crippen LogP contribution in [-0.4, -0.2) is 66.3 Å². The SMILES string of the molecule is CC(=O)OCC1O[C@H](OC(C)=O)[C@@H](O)[C@@H](OC(C)=O)[C@H]1OC(C)=O. The zero-order valence-corrected chi connectivity index (χ0v) is 13.7. The molecule has 1 fully saturated rings. The van der Waals surface area contributed by atoms with Crippen LogP contribution in [0.5, 0.6) is 0 Å². The topological polar surface area (TPSA) is 135 Å². The summed E-state index contributed by atoms with van der Waals surface area (Å²) in [6, 6.07) is 0. The van der Waals surface area contributed by atoms with Gasteiger partial charge in [-0.2, -0.15) is 0 Å². The summed E-state index contributed by atoms with van der Waals surface area (Å²) in [6.07, 6.45) is -6.83. The molecule has 1 saturated heterocycles. The summed E-state index contributed by atoms with van der Waals surface area (Å²) in [4.78, 5) is 44.7. The molecule has 0 spiro atoms. The third-order valence-corrected chi connectivity index (χ3v) is 2.95. The van der Waals surface area contributed by atoms with Crippen LogP contribution >= 0.6 is 0 Å². The van der Waals surface area contributed by atoms with Gasteiger partial charge in [0.25, 0.3) is 0 Å². The van der Waals surface area contributed by atoms with Crippen LogP contribution in [-0.2, 0) is 42.9 Å². The van der Waals surface area contributed by atoms with Crippen molar-refractivity contribution >= 4 is 23.9 Å². The maximum Gasteiger partial charge on any atom is 0.305 e. The van der Waals surface area contributed by atoms with Crippen molar-refractivity contribution in [1.82, 2.24) is 0 Å². The molecule has 0 amide bonds. The molecule has 0 aromatic rings. The lowest BCUT2D eigenvalue weighted by molar-refractivity contribution is -0.297. The van der Waals surface area contributed by atoms with Gasteiger partial charge in [0.05, 0.1) is 0 Å². The van der Waals surface area contributed by atoms with Crippen LogP contribution < -0.4 is 0 Å². The predicted molar refractivity (Wildman–Crippen MR) is 74.2 cm³/mol. The molecule has 136 valence electrons. The van der Waals surface area contributed by atoms with Crippen molar-refractivity contribution in [2.75, 3.05) is 6.61 Å². The van der Waals surface area contributed by atoms with Crippen LogP contribution in [0.3, 0.4) is 0 Å². The molecule has 0 radical (unpaired) electrons. The summed E-state index contributed by atoms with van der Waals surface area (Å²) in [7, 11) is 0. The largest absolute Gasteiger partial charge is 0.463 e. The van der Waals surface area contributed by atoms with Gasteiger partial charge in [-0.25, -0.2) is 0 Å². The Hall–Kier alpha value is -2.20. The molecule has 1 aliphatic heterocycles. The van der Waals surface area contributed by atoms with Gasteiger partial charge < -0.3 is 28.8 Å². The molecule has 0 aromatic heterocycles. The average molecular weight is 348 g/mol. The highest BCUT2D eigenvalue weighted by molar-refractivity contribution is 5.68. The van der Waals surface area contributed by atoms with E-state index in [2.05, 4.69) is 0 Å². The lowest BCUT2D eigenvalue weighted by Crippen LogP contribution is -2.62. The van der Waals surface area contributed by atoms with Crippen molar-refractivity contribution in [3.8, 4) is 0 Å². The molecule has 1 rings (SSSR count). The van der Waals surface area contributed by atoms with Gasteiger partial charge in [0.15, 0.2) is 18.3 Å². The predicted octanol–water partition coefficient (Wildman–Crippen LogP) is -0.938. The van der Waals surface area contributed by atoms with Crippen molar-refractivity contribution in [2.45, 2.75) is 58.4 Å². The molecule has 10 nitrogen and oxygen atoms in total. The van der Waals surface area contributed by atoms with Gasteiger partial charge in [-0.1, -0.05) is 0 Å². The number of carbonyl (C=O) groups excluding carboxylic acids is 4. The van der Waals surface area contributed by atoms with Gasteiger partial charge in [0, 0.05) is 27.7 Å². The maximum atomic E-state index is 11.3. The Morgan fingerprint density at radius 1 is 0.833 bits per heavy atom. The Labute approximate surface area is 137 Å². The van der Waals surface area contributed by atoms with E-state index in [1.165, 1.54) is 0 Å². The molecule has 1 aliphatic rings. The number of ether oxygens (including phenoxy) is 5. The molecule has 0 saturated carbocycles. The monoisotopic (exact) mass is 348 g/mol. The highest BCUT2D eigenvalue weighted by Crippen LogP contribution is 2.27. The zero-order chi connectivity index (χ0) is 18.4. The molecule has 0 aliphatic carbocycles. The van der Waals surface area contributed by atoms with Crippen LogP contribution in [0.15, 0.2) is 0 Å². The number of rotatable bonds is 5. The molecule has 1 N–H and O–H groups in total. The van der Waals surface area contributed by atoms with Crippen molar-refractivity contribution in [2.24, 2.45) is 0 Å². The van der Waals surface area contributed by atoms with E-state index < -0.39 is 54.6 Å². The molecular formula is C14H20O10. The second-order valence-corrected chi connectivity index (χ2v) is 5.09. The quantitative estimate of drug-likeness (QED) is 0.490. The van der Waals surface area contributed by atoms with E-state index in [-0.39, 0.29) is 6.61 Å². The summed E-state index contributed by atoms with van der Waals surface area (Å²) in [5, 5.41) is 10.2. The number of carbonyl (C=O) groups is 4. The summed E-state index contributed by atoms with van der Waals surface area (Å²) < 4.78 is 25.0. The number of hydrogen-bond donors (Lipinski definition) is 1. The minimum Gasteiger partial charge on any atom is -0.463 e. The summed E-state index contributed by atoms with van der Waals surface area (Å²) in [5.41, 5.74) is 0. The molecule has 1 heterocycles. The van der Waals surface area contributed by atoms with E-state index in [1.54, 1.807) is 0 Å². The minimum atomic E-state index is -1.60. The Morgan fingerprint density at radius 3 is 1.79 bits per heavy atom. The van der Waals surface area contributed by atoms with E-state index >= 15 is 0 Å². The summed E-state index contributed by atoms with van der Waals surface area (Å²) >= 11 is 0. The highest BCUT2D eigenvalue weighted by atomic mass is 16.7. The Morgan fingerprint density at radius 2 is 1.33 bits per heavy atom. The lowest BCUT2D eigenvalue weighted by atomic mass is 9.98. The van der Waals surface area contributed by atoms with E-state index in [4.69, 9.17) is 23.7 Å². The van der Waals surface area contributed by atoms with Crippen molar-refractivity contribution < 1.29 is 48.0 Å². The van der Waals surface area contributed by atoms with Crippen LogP contribution in [0, 0.1) is 0 Å². The smallest absolute Gasteiger partial charge is 0.305 e. The Bertz CT molecular complexity index is 486. The highest BCUT2D eigenvalue weighted by Gasteiger charge is 2.51. The molecular weight excluding hydrogens is 328 g/mol. The van der Waals surface area contributed by atoms with Crippen LogP contribution in [0.2, 0.25) is 0 Å². The Balaban J connectivity index is 3.08. The van der Waals surface area contributed by atoms with Gasteiger partial charge in [-0.05, 0) is 0 Å². The Kier molecular flexibility index (Phi) is 7.11. The number of aliphatic hydroxyl groups is 1. The average Bonchev–Trinajstić information content (AvgIpc) is 2.42. The number of aliphatic hydroxyl groups excluding tert-OH is 1. The van der Waals surface area contributed by atoms with Gasteiger partial charge in [-0.3, -0.25) is 19.2 Å². The van der Waals surface area contributed by atoms with E-state index in [0.717, 1.165) is 27.7 Å². The van der Waals surface area contributed by atoms with E-state index in [1.807, 2.05) is 0 Å². The molecule has 5 atom stereocenters. The van der Waals surface area contributed by atoms with Gasteiger partial charge in [0.1, 0.15) is 12.7 Å². The standard InChI is InChI=1S/C14H20O10/c1-6(15)20-5-10-12(21-7(2)16)13(22-8(3)17)11(19)14(24-10)23-9(4)18/h10-14,19H,5H2,1-4H3/t10?,11-,12-,13+,14-/m0/s1. The minimum absolute atomic E-state index is 0.366. The first kappa shape index (κ1) is 19.8. The third-order valence-electron chi connectivity index (χ3n) is 2.95. The molecule has 0 aromatic carbocycles. The van der Waals surface area contributed by atoms with Crippen LogP contribution in [0.1, 0.15) is 27.7 Å². The normalized spacial score (nSPS) is 29.3. The number of esters is 4. The van der Waals surface area contributed by atoms with Crippen LogP contribution in [0.25, 0.3) is 0 Å². The second-order valence-electron chi connectivity index (χ2n) is 5.09. The molecule has 24 heavy (non-hydrogen) atoms. The number of hydrogen-bond acceptors (Lipinski definition) is 10. The molecule has 1 unspecified atom stereocenters. The van der Waals surface area contributed by atoms with Gasteiger partial charge in [-0.15, -0.1) is 0 Å². The summed E-state index contributed by atoms with van der Waals surface area (Å²) in [5.74, 6) is -2.87. The van der Waals surface area contributed by atoms with Crippen molar-refractivity contribution in [1.29, 1.82) is 0 Å². The zero-order valence-electron chi connectivity index (χ0n) is 13.7. The first-order valence-electron chi connectivity index (χ1n) is 7.10. The fourth-order valence-corrected chi connectivity index (χ4v) is 2.15. The van der Waals surface area contributed by atoms with Crippen molar-refractivity contribution in [3.05, 3.63) is 0 Å². The van der Waals surface area contributed by atoms with Crippen LogP contribution in [0.4, 0.5) is 0 Å². The first-order chi connectivity index (χ1) is 11.1.